The molecule has 0 heterocycles. The highest BCUT2D eigenvalue weighted by molar-refractivity contribution is 6.90. The SMILES string of the molecule is CO[Si](C)(C)CC[SiH2]O[Si](C)(C)CC(C)c1ccccc1.C[SiH2]CC[Si](C)(C)O[SiH2]CC[Si](C)(C)O[SiH2]CC[Si](C)(C)O[SiH2]CC[Si](C)(O[Si](C)(C)C)O[Si](C)(C)O[Si](C)(C)C. The predicted octanol–water partition coefficient (Wildman–Crippen LogP) is 10.7. The van der Waals surface area contributed by atoms with Crippen LogP contribution >= 0.6 is 0 Å². The van der Waals surface area contributed by atoms with Gasteiger partial charge in [0.05, 0.1) is 0 Å². The fraction of sp³-hybridized carbons (Fsp3) is 0.850. The maximum Gasteiger partial charge on any atom is 0.315 e. The lowest BCUT2D eigenvalue weighted by Crippen LogP contribution is -2.56. The van der Waals surface area contributed by atoms with Crippen LogP contribution in [0.15, 0.2) is 30.3 Å². The van der Waals surface area contributed by atoms with Gasteiger partial charge in [0.2, 0.25) is 0 Å². The highest BCUT2D eigenvalue weighted by Gasteiger charge is 2.44. The van der Waals surface area contributed by atoms with E-state index in [1.807, 2.05) is 7.11 Å². The Morgan fingerprint density at radius 3 is 1.21 bits per heavy atom. The van der Waals surface area contributed by atoms with Crippen molar-refractivity contribution in [2.45, 2.75) is 210 Å². The number of rotatable bonds is 33. The van der Waals surface area contributed by atoms with E-state index in [0.29, 0.717) is 5.92 Å². The molecule has 0 saturated carbocycles. The largest absolute Gasteiger partial charge is 0.460 e. The van der Waals surface area contributed by atoms with Gasteiger partial charge in [0.25, 0.3) is 0 Å². The molecule has 1 aromatic rings. The van der Waals surface area contributed by atoms with Crippen LogP contribution < -0.4 is 0 Å². The van der Waals surface area contributed by atoms with Gasteiger partial charge in [-0.15, -0.1) is 0 Å². The first kappa shape index (κ1) is 63.9. The average Bonchev–Trinajstić information content (AvgIpc) is 3.10. The fourth-order valence-corrected chi connectivity index (χ4v) is 60.3. The summed E-state index contributed by atoms with van der Waals surface area (Å²) >= 11 is 0. The van der Waals surface area contributed by atoms with Crippen molar-refractivity contribution >= 4 is 124 Å². The minimum Gasteiger partial charge on any atom is -0.460 e. The molecule has 0 aliphatic heterocycles. The Kier molecular flexibility index (Phi) is 30.1. The predicted molar refractivity (Wildman–Crippen MR) is 314 cm³/mol. The zero-order valence-corrected chi connectivity index (χ0v) is 61.1. The third-order valence-corrected chi connectivity index (χ3v) is 56.3. The van der Waals surface area contributed by atoms with Crippen molar-refractivity contribution in [3.63, 3.8) is 0 Å². The normalized spacial score (nSPS) is 16.2. The molecule has 2 atom stereocenters. The van der Waals surface area contributed by atoms with Crippen LogP contribution in [0.4, 0.5) is 0 Å². The summed E-state index contributed by atoms with van der Waals surface area (Å²) in [6.07, 6.45) is 0. The van der Waals surface area contributed by atoms with Crippen molar-refractivity contribution in [1.82, 2.24) is 0 Å². The third-order valence-electron chi connectivity index (χ3n) is 10.9. The molecular formula is C40H104O8Si14. The molecule has 22 heteroatoms. The molecular weight excluding hydrogens is 1000 g/mol. The van der Waals surface area contributed by atoms with E-state index in [-0.39, 0.29) is 29.0 Å². The van der Waals surface area contributed by atoms with Gasteiger partial charge in [0.1, 0.15) is 39.1 Å². The lowest BCUT2D eigenvalue weighted by molar-refractivity contribution is 0.325. The number of hydrogen-bond donors (Lipinski definition) is 0. The van der Waals surface area contributed by atoms with Crippen molar-refractivity contribution in [3.8, 4) is 0 Å². The van der Waals surface area contributed by atoms with Crippen molar-refractivity contribution in [1.29, 1.82) is 0 Å². The Hall–Kier alpha value is 1.94. The molecule has 0 bridgehead atoms. The minimum atomic E-state index is -2.32. The van der Waals surface area contributed by atoms with Crippen LogP contribution in [-0.2, 0) is 33.2 Å². The topological polar surface area (TPSA) is 73.8 Å². The van der Waals surface area contributed by atoms with E-state index in [9.17, 15) is 0 Å². The number of hydrogen-bond acceptors (Lipinski definition) is 8. The van der Waals surface area contributed by atoms with Gasteiger partial charge in [-0.1, -0.05) is 49.8 Å². The van der Waals surface area contributed by atoms with Gasteiger partial charge in [-0.05, 0) is 196 Å². The van der Waals surface area contributed by atoms with E-state index in [0.717, 1.165) is 12.1 Å². The van der Waals surface area contributed by atoms with Crippen LogP contribution in [0.2, 0.25) is 197 Å². The smallest absolute Gasteiger partial charge is 0.315 e. The van der Waals surface area contributed by atoms with Crippen LogP contribution in [0.5, 0.6) is 0 Å². The molecule has 0 aromatic heterocycles. The van der Waals surface area contributed by atoms with E-state index < -0.39 is 94.9 Å². The maximum atomic E-state index is 6.86. The second kappa shape index (κ2) is 29.2. The lowest BCUT2D eigenvalue weighted by Gasteiger charge is -2.41. The van der Waals surface area contributed by atoms with E-state index in [1.165, 1.54) is 60.0 Å². The van der Waals surface area contributed by atoms with Gasteiger partial charge >= 0.3 is 17.1 Å². The van der Waals surface area contributed by atoms with Crippen LogP contribution in [0.3, 0.4) is 0 Å². The molecule has 0 spiro atoms. The van der Waals surface area contributed by atoms with Crippen LogP contribution in [0.1, 0.15) is 18.4 Å². The van der Waals surface area contributed by atoms with Gasteiger partial charge in [-0.25, -0.2) is 0 Å². The molecule has 8 nitrogen and oxygen atoms in total. The summed E-state index contributed by atoms with van der Waals surface area (Å²) in [6, 6.07) is 24.7. The molecule has 0 amide bonds. The summed E-state index contributed by atoms with van der Waals surface area (Å²) in [5.74, 6) is 0.603. The molecule has 0 aliphatic carbocycles. The zero-order chi connectivity index (χ0) is 48.2. The first-order chi connectivity index (χ1) is 28.1. The van der Waals surface area contributed by atoms with Gasteiger partial charge in [-0.3, -0.25) is 0 Å². The third kappa shape index (κ3) is 35.1. The van der Waals surface area contributed by atoms with Crippen LogP contribution in [-0.4, -0.2) is 131 Å². The minimum absolute atomic E-state index is 0.180. The summed E-state index contributed by atoms with van der Waals surface area (Å²) < 4.78 is 52.0. The average molecular weight is 1110 g/mol. The molecule has 368 valence electrons. The first-order valence-corrected chi connectivity index (χ1v) is 60.8. The molecule has 0 radical (unpaired) electrons. The van der Waals surface area contributed by atoms with Gasteiger partial charge in [0, 0.05) is 16.6 Å². The molecule has 2 unspecified atom stereocenters. The van der Waals surface area contributed by atoms with Gasteiger partial charge in [0.15, 0.2) is 58.2 Å². The molecule has 0 fully saturated rings. The standard InChI is InChI=1S/C24H72O6Si11.C16H32O2Si3/c1-31-17-21-37(8,9)25-32-18-22-38(10,11)26-33-19-23-39(12,13)27-34-20-24-41(16,29-36(5,6)7)30-40(14,15)28-35(2,3)4;1-15(16-10-8-7-9-11-16)14-21(5,6)18-19-12-13-20(3,4)17-2/h17-24,31-34H2,1-16H3;7-11,15H,12-14,19H2,1-6H3. The van der Waals surface area contributed by atoms with Gasteiger partial charge < -0.3 is 33.2 Å². The summed E-state index contributed by atoms with van der Waals surface area (Å²) in [5.41, 5.74) is 1.44. The van der Waals surface area contributed by atoms with Crippen molar-refractivity contribution in [2.75, 3.05) is 7.11 Å². The van der Waals surface area contributed by atoms with E-state index >= 15 is 0 Å². The molecule has 1 aromatic carbocycles. The molecule has 0 saturated heterocycles. The van der Waals surface area contributed by atoms with Crippen LogP contribution in [0.25, 0.3) is 0 Å². The highest BCUT2D eigenvalue weighted by atomic mass is 28.5. The summed E-state index contributed by atoms with van der Waals surface area (Å²) in [7, 11) is -15.2. The molecule has 62 heavy (non-hydrogen) atoms. The van der Waals surface area contributed by atoms with E-state index in [2.05, 4.69) is 168 Å². The maximum absolute atomic E-state index is 6.86. The Balaban J connectivity index is 0.00000147. The zero-order valence-electron chi connectivity index (χ0n) is 45.0. The Morgan fingerprint density at radius 2 is 0.823 bits per heavy atom. The fourth-order valence-electron chi connectivity index (χ4n) is 7.95. The quantitative estimate of drug-likeness (QED) is 0.0509. The summed E-state index contributed by atoms with van der Waals surface area (Å²) in [4.78, 5) is 0. The highest BCUT2D eigenvalue weighted by Crippen LogP contribution is 2.29. The summed E-state index contributed by atoms with van der Waals surface area (Å²) in [6.45, 7) is 48.9. The molecule has 0 aliphatic rings. The van der Waals surface area contributed by atoms with Crippen LogP contribution in [0, 0.1) is 0 Å². The van der Waals surface area contributed by atoms with Crippen molar-refractivity contribution in [2.24, 2.45) is 0 Å². The molecule has 0 N–H and O–H groups in total. The number of benzene rings is 1. The summed E-state index contributed by atoms with van der Waals surface area (Å²) in [5, 5.41) is 0. The first-order valence-electron chi connectivity index (χ1n) is 24.3. The van der Waals surface area contributed by atoms with Crippen molar-refractivity contribution in [3.05, 3.63) is 35.9 Å². The van der Waals surface area contributed by atoms with E-state index in [4.69, 9.17) is 33.2 Å². The van der Waals surface area contributed by atoms with Crippen molar-refractivity contribution < 1.29 is 33.2 Å². The Morgan fingerprint density at radius 1 is 0.452 bits per heavy atom. The Bertz CT molecular complexity index is 1330. The Labute approximate surface area is 407 Å². The monoisotopic (exact) mass is 1100 g/mol. The molecule has 1 rings (SSSR count). The lowest BCUT2D eigenvalue weighted by atomic mass is 10.0. The van der Waals surface area contributed by atoms with Gasteiger partial charge in [-0.2, -0.15) is 0 Å². The van der Waals surface area contributed by atoms with E-state index in [1.54, 1.807) is 0 Å². The second-order valence-corrected chi connectivity index (χ2v) is 71.2. The second-order valence-electron chi connectivity index (χ2n) is 23.5.